The first-order valence-electron chi connectivity index (χ1n) is 7.72. The molecule has 0 aromatic heterocycles. The molecule has 0 N–H and O–H groups in total. The van der Waals surface area contributed by atoms with Gasteiger partial charge in [-0.15, -0.1) is 0 Å². The van der Waals surface area contributed by atoms with E-state index in [1.165, 1.54) is 0 Å². The molecule has 0 atom stereocenters. The van der Waals surface area contributed by atoms with Gasteiger partial charge < -0.3 is 9.47 Å². The SMILES string of the molecule is Clc1ccc(OCCCCCCOc2ccc(Cl)c(Cl)c2)c(Cl)c1. The van der Waals surface area contributed by atoms with Crippen molar-refractivity contribution in [2.75, 3.05) is 13.2 Å². The maximum atomic E-state index is 6.05. The standard InChI is InChI=1S/C18H18Cl4O2/c19-13-5-8-18(17(22)11-13)24-10-4-2-1-3-9-23-14-6-7-15(20)16(21)12-14/h5-8,11-12H,1-4,9-10H2. The summed E-state index contributed by atoms with van der Waals surface area (Å²) in [4.78, 5) is 0. The molecule has 0 spiro atoms. The summed E-state index contributed by atoms with van der Waals surface area (Å²) in [7, 11) is 0. The van der Waals surface area contributed by atoms with Crippen LogP contribution in [0.25, 0.3) is 0 Å². The van der Waals surface area contributed by atoms with Gasteiger partial charge in [-0.05, 0) is 56.0 Å². The van der Waals surface area contributed by atoms with Crippen LogP contribution in [0.2, 0.25) is 20.1 Å². The normalized spacial score (nSPS) is 10.7. The molecule has 0 radical (unpaired) electrons. The van der Waals surface area contributed by atoms with Crippen molar-refractivity contribution in [3.8, 4) is 11.5 Å². The molecule has 0 saturated heterocycles. The Morgan fingerprint density at radius 1 is 0.625 bits per heavy atom. The molecule has 24 heavy (non-hydrogen) atoms. The van der Waals surface area contributed by atoms with Crippen LogP contribution < -0.4 is 9.47 Å². The number of halogens is 4. The van der Waals surface area contributed by atoms with Gasteiger partial charge in [0.1, 0.15) is 11.5 Å². The van der Waals surface area contributed by atoms with E-state index in [1.807, 2.05) is 6.07 Å². The first-order chi connectivity index (χ1) is 11.6. The average Bonchev–Trinajstić information content (AvgIpc) is 2.55. The van der Waals surface area contributed by atoms with E-state index < -0.39 is 0 Å². The Hall–Kier alpha value is -0.800. The minimum atomic E-state index is 0.507. The smallest absolute Gasteiger partial charge is 0.137 e. The van der Waals surface area contributed by atoms with Gasteiger partial charge in [0.25, 0.3) is 0 Å². The van der Waals surface area contributed by atoms with Gasteiger partial charge in [-0.2, -0.15) is 0 Å². The molecule has 2 rings (SSSR count). The van der Waals surface area contributed by atoms with E-state index in [1.54, 1.807) is 30.3 Å². The lowest BCUT2D eigenvalue weighted by atomic mass is 10.2. The van der Waals surface area contributed by atoms with Crippen LogP contribution in [0.4, 0.5) is 0 Å². The fraction of sp³-hybridized carbons (Fsp3) is 0.333. The molecule has 0 amide bonds. The molecule has 2 aromatic carbocycles. The van der Waals surface area contributed by atoms with Gasteiger partial charge in [0.15, 0.2) is 0 Å². The quantitative estimate of drug-likeness (QED) is 0.405. The van der Waals surface area contributed by atoms with Crippen molar-refractivity contribution >= 4 is 46.4 Å². The van der Waals surface area contributed by atoms with E-state index >= 15 is 0 Å². The molecule has 0 aliphatic rings. The molecule has 6 heteroatoms. The molecule has 0 bridgehead atoms. The first kappa shape index (κ1) is 19.5. The molecular formula is C18H18Cl4O2. The lowest BCUT2D eigenvalue weighted by molar-refractivity contribution is 0.287. The van der Waals surface area contributed by atoms with Crippen LogP contribution in [0, 0.1) is 0 Å². The fourth-order valence-electron chi connectivity index (χ4n) is 2.09. The third-order valence-electron chi connectivity index (χ3n) is 3.35. The largest absolute Gasteiger partial charge is 0.494 e. The highest BCUT2D eigenvalue weighted by Gasteiger charge is 2.02. The Kier molecular flexibility index (Phi) is 8.34. The average molecular weight is 408 g/mol. The summed E-state index contributed by atoms with van der Waals surface area (Å²) in [5.74, 6) is 1.41. The Morgan fingerprint density at radius 3 is 2.00 bits per heavy atom. The molecule has 130 valence electrons. The Bertz CT molecular complexity index is 661. The van der Waals surface area contributed by atoms with Gasteiger partial charge in [-0.25, -0.2) is 0 Å². The molecule has 0 heterocycles. The van der Waals surface area contributed by atoms with E-state index in [-0.39, 0.29) is 0 Å². The lowest BCUT2D eigenvalue weighted by Crippen LogP contribution is -2.00. The second-order valence-corrected chi connectivity index (χ2v) is 6.92. The molecule has 2 nitrogen and oxygen atoms in total. The molecular weight excluding hydrogens is 390 g/mol. The number of hydrogen-bond acceptors (Lipinski definition) is 2. The molecule has 0 unspecified atom stereocenters. The summed E-state index contributed by atoms with van der Waals surface area (Å²) < 4.78 is 11.3. The van der Waals surface area contributed by atoms with Gasteiger partial charge in [0.2, 0.25) is 0 Å². The van der Waals surface area contributed by atoms with Gasteiger partial charge in [-0.1, -0.05) is 46.4 Å². The summed E-state index contributed by atoms with van der Waals surface area (Å²) >= 11 is 23.7. The highest BCUT2D eigenvalue weighted by molar-refractivity contribution is 6.42. The summed E-state index contributed by atoms with van der Waals surface area (Å²) in [6.07, 6.45) is 4.07. The fourth-order valence-corrected chi connectivity index (χ4v) is 2.84. The summed E-state index contributed by atoms with van der Waals surface area (Å²) in [6, 6.07) is 10.5. The van der Waals surface area contributed by atoms with Crippen LogP contribution in [-0.4, -0.2) is 13.2 Å². The predicted octanol–water partition coefficient (Wildman–Crippen LogP) is 7.32. The minimum Gasteiger partial charge on any atom is -0.494 e. The lowest BCUT2D eigenvalue weighted by Gasteiger charge is -2.09. The molecule has 0 aliphatic carbocycles. The van der Waals surface area contributed by atoms with Crippen molar-refractivity contribution in [2.45, 2.75) is 25.7 Å². The Labute approximate surface area is 162 Å². The predicted molar refractivity (Wildman–Crippen MR) is 102 cm³/mol. The van der Waals surface area contributed by atoms with Crippen molar-refractivity contribution < 1.29 is 9.47 Å². The molecule has 2 aromatic rings. The summed E-state index contributed by atoms with van der Waals surface area (Å²) in [6.45, 7) is 1.29. The zero-order valence-corrected chi connectivity index (χ0v) is 16.1. The monoisotopic (exact) mass is 406 g/mol. The van der Waals surface area contributed by atoms with E-state index in [9.17, 15) is 0 Å². The topological polar surface area (TPSA) is 18.5 Å². The number of unbranched alkanes of at least 4 members (excludes halogenated alkanes) is 3. The maximum Gasteiger partial charge on any atom is 0.137 e. The van der Waals surface area contributed by atoms with E-state index in [0.717, 1.165) is 31.4 Å². The summed E-state index contributed by atoms with van der Waals surface area (Å²) in [5, 5.41) is 2.18. The van der Waals surface area contributed by atoms with Crippen LogP contribution in [0.15, 0.2) is 36.4 Å². The van der Waals surface area contributed by atoms with Crippen molar-refractivity contribution in [3.05, 3.63) is 56.5 Å². The number of hydrogen-bond donors (Lipinski definition) is 0. The van der Waals surface area contributed by atoms with Crippen LogP contribution >= 0.6 is 46.4 Å². The van der Waals surface area contributed by atoms with Gasteiger partial charge >= 0.3 is 0 Å². The number of benzene rings is 2. The van der Waals surface area contributed by atoms with Crippen molar-refractivity contribution in [1.82, 2.24) is 0 Å². The van der Waals surface area contributed by atoms with Crippen LogP contribution in [0.5, 0.6) is 11.5 Å². The third-order valence-corrected chi connectivity index (χ3v) is 4.62. The van der Waals surface area contributed by atoms with Crippen LogP contribution in [0.3, 0.4) is 0 Å². The third kappa shape index (κ3) is 6.60. The second-order valence-electron chi connectivity index (χ2n) is 5.26. The van der Waals surface area contributed by atoms with Crippen molar-refractivity contribution in [1.29, 1.82) is 0 Å². The minimum absolute atomic E-state index is 0.507. The highest BCUT2D eigenvalue weighted by atomic mass is 35.5. The zero-order chi connectivity index (χ0) is 17.4. The van der Waals surface area contributed by atoms with Crippen molar-refractivity contribution in [3.63, 3.8) is 0 Å². The number of rotatable bonds is 9. The molecule has 0 saturated carbocycles. The zero-order valence-electron chi connectivity index (χ0n) is 13.0. The van der Waals surface area contributed by atoms with Gasteiger partial charge in [0.05, 0.1) is 28.3 Å². The van der Waals surface area contributed by atoms with Gasteiger partial charge in [-0.3, -0.25) is 0 Å². The maximum absolute atomic E-state index is 6.05. The van der Waals surface area contributed by atoms with E-state index in [0.29, 0.717) is 39.1 Å². The molecule has 0 fully saturated rings. The Morgan fingerprint density at radius 2 is 1.33 bits per heavy atom. The molecule has 0 aliphatic heterocycles. The van der Waals surface area contributed by atoms with E-state index in [2.05, 4.69) is 0 Å². The second kappa shape index (κ2) is 10.2. The van der Waals surface area contributed by atoms with Crippen LogP contribution in [0.1, 0.15) is 25.7 Å². The van der Waals surface area contributed by atoms with E-state index in [4.69, 9.17) is 55.9 Å². The van der Waals surface area contributed by atoms with Gasteiger partial charge in [0, 0.05) is 11.1 Å². The summed E-state index contributed by atoms with van der Waals surface area (Å²) in [5.41, 5.74) is 0. The highest BCUT2D eigenvalue weighted by Crippen LogP contribution is 2.28. The Balaban J connectivity index is 1.54. The van der Waals surface area contributed by atoms with Crippen molar-refractivity contribution in [2.24, 2.45) is 0 Å². The first-order valence-corrected chi connectivity index (χ1v) is 9.23. The van der Waals surface area contributed by atoms with Crippen LogP contribution in [-0.2, 0) is 0 Å². The number of ether oxygens (including phenoxy) is 2.